The van der Waals surface area contributed by atoms with E-state index in [-0.39, 0.29) is 10.8 Å². The Morgan fingerprint density at radius 3 is 2.67 bits per heavy atom. The molecule has 0 aliphatic carbocycles. The summed E-state index contributed by atoms with van der Waals surface area (Å²) >= 11 is 6.09. The number of hydrogen-bond donors (Lipinski definition) is 1. The fourth-order valence-electron chi connectivity index (χ4n) is 2.78. The molecule has 24 heavy (non-hydrogen) atoms. The number of halogens is 1. The first-order chi connectivity index (χ1) is 11.3. The van der Waals surface area contributed by atoms with Crippen LogP contribution in [0.1, 0.15) is 19.5 Å². The molecule has 0 aliphatic rings. The van der Waals surface area contributed by atoms with Crippen LogP contribution < -0.4 is 0 Å². The van der Waals surface area contributed by atoms with Crippen molar-refractivity contribution in [2.45, 2.75) is 25.9 Å². The molecule has 3 rings (SSSR count). The second-order valence-electron chi connectivity index (χ2n) is 6.23. The van der Waals surface area contributed by atoms with Crippen molar-refractivity contribution in [3.63, 3.8) is 0 Å². The molecule has 0 spiro atoms. The summed E-state index contributed by atoms with van der Waals surface area (Å²) in [5.41, 5.74) is 0.491. The van der Waals surface area contributed by atoms with Crippen molar-refractivity contribution in [3.8, 4) is 5.69 Å². The Labute approximate surface area is 143 Å². The van der Waals surface area contributed by atoms with Gasteiger partial charge in [-0.15, -0.1) is 0 Å². The number of pyridine rings is 1. The van der Waals surface area contributed by atoms with Gasteiger partial charge >= 0.3 is 5.69 Å². The number of nitro groups is 1. The van der Waals surface area contributed by atoms with Gasteiger partial charge in [-0.3, -0.25) is 10.1 Å². The Kier molecular flexibility index (Phi) is 4.03. The van der Waals surface area contributed by atoms with Crippen molar-refractivity contribution in [3.05, 3.63) is 63.6 Å². The molecule has 0 aliphatic heterocycles. The van der Waals surface area contributed by atoms with Gasteiger partial charge < -0.3 is 9.67 Å². The van der Waals surface area contributed by atoms with Gasteiger partial charge in [0, 0.05) is 23.7 Å². The quantitative estimate of drug-likeness (QED) is 0.441. The highest BCUT2D eigenvalue weighted by Gasteiger charge is 2.27. The van der Waals surface area contributed by atoms with E-state index in [9.17, 15) is 15.2 Å². The summed E-state index contributed by atoms with van der Waals surface area (Å²) in [5, 5.41) is 22.2. The lowest BCUT2D eigenvalue weighted by molar-refractivity contribution is -0.384. The van der Waals surface area contributed by atoms with Crippen LogP contribution in [0.25, 0.3) is 16.6 Å². The topological polar surface area (TPSA) is 81.2 Å². The fraction of sp³-hybridized carbons (Fsp3) is 0.235. The van der Waals surface area contributed by atoms with Crippen LogP contribution >= 0.6 is 11.6 Å². The zero-order valence-corrected chi connectivity index (χ0v) is 14.0. The highest BCUT2D eigenvalue weighted by Crippen LogP contribution is 2.36. The van der Waals surface area contributed by atoms with E-state index in [0.717, 1.165) is 5.69 Å². The molecule has 0 amide bonds. The molecule has 1 N–H and O–H groups in total. The van der Waals surface area contributed by atoms with Crippen molar-refractivity contribution in [2.75, 3.05) is 0 Å². The van der Waals surface area contributed by atoms with E-state index in [1.54, 1.807) is 54.9 Å². The zero-order valence-electron chi connectivity index (χ0n) is 13.2. The molecular weight excluding hydrogens is 330 g/mol. The Morgan fingerprint density at radius 1 is 1.29 bits per heavy atom. The molecule has 2 heterocycles. The average molecular weight is 346 g/mol. The summed E-state index contributed by atoms with van der Waals surface area (Å²) in [5.74, 6) is 0. The fourth-order valence-corrected chi connectivity index (χ4v) is 3.03. The highest BCUT2D eigenvalue weighted by atomic mass is 35.5. The number of fused-ring (bicyclic) bond motifs is 1. The number of aromatic nitrogens is 2. The third-order valence-electron chi connectivity index (χ3n) is 3.67. The first kappa shape index (κ1) is 16.4. The van der Waals surface area contributed by atoms with E-state index in [0.29, 0.717) is 23.0 Å². The van der Waals surface area contributed by atoms with Crippen LogP contribution in [0.15, 0.2) is 42.6 Å². The van der Waals surface area contributed by atoms with Crippen LogP contribution in [0, 0.1) is 10.1 Å². The van der Waals surface area contributed by atoms with Crippen LogP contribution in [0.5, 0.6) is 0 Å². The number of para-hydroxylation sites is 1. The van der Waals surface area contributed by atoms with Crippen LogP contribution in [0.4, 0.5) is 5.69 Å². The molecule has 0 bridgehead atoms. The highest BCUT2D eigenvalue weighted by molar-refractivity contribution is 6.32. The van der Waals surface area contributed by atoms with Crippen molar-refractivity contribution >= 4 is 28.2 Å². The Bertz CT molecular complexity index is 928. The first-order valence-electron chi connectivity index (χ1n) is 7.39. The molecule has 2 aromatic heterocycles. The van der Waals surface area contributed by atoms with E-state index in [1.807, 2.05) is 6.07 Å². The van der Waals surface area contributed by atoms with E-state index >= 15 is 0 Å². The molecule has 124 valence electrons. The lowest BCUT2D eigenvalue weighted by Gasteiger charge is -2.19. The normalized spacial score (nSPS) is 11.8. The van der Waals surface area contributed by atoms with Crippen molar-refractivity contribution in [1.29, 1.82) is 0 Å². The zero-order chi connectivity index (χ0) is 17.5. The number of rotatable bonds is 4. The van der Waals surface area contributed by atoms with Crippen LogP contribution in [-0.4, -0.2) is 25.2 Å². The maximum Gasteiger partial charge on any atom is 0.330 e. The summed E-state index contributed by atoms with van der Waals surface area (Å²) in [6.07, 6.45) is 2.07. The average Bonchev–Trinajstić information content (AvgIpc) is 2.91. The summed E-state index contributed by atoms with van der Waals surface area (Å²) in [4.78, 5) is 15.2. The minimum Gasteiger partial charge on any atom is -0.390 e. The third kappa shape index (κ3) is 2.98. The third-order valence-corrected chi connectivity index (χ3v) is 3.93. The molecule has 6 nitrogen and oxygen atoms in total. The number of nitrogens with zero attached hydrogens (tertiary/aromatic N) is 3. The molecule has 0 fully saturated rings. The molecule has 1 aromatic carbocycles. The summed E-state index contributed by atoms with van der Waals surface area (Å²) in [7, 11) is 0. The van der Waals surface area contributed by atoms with E-state index in [2.05, 4.69) is 4.98 Å². The number of benzene rings is 1. The smallest absolute Gasteiger partial charge is 0.330 e. The lowest BCUT2D eigenvalue weighted by atomic mass is 10.0. The number of aliphatic hydroxyl groups is 1. The Hall–Kier alpha value is -2.44. The van der Waals surface area contributed by atoms with Crippen molar-refractivity contribution in [2.24, 2.45) is 0 Å². The van der Waals surface area contributed by atoms with E-state index in [1.165, 1.54) is 0 Å². The molecule has 7 heteroatoms. The van der Waals surface area contributed by atoms with Crippen molar-refractivity contribution in [1.82, 2.24) is 9.55 Å². The van der Waals surface area contributed by atoms with Gasteiger partial charge in [-0.2, -0.15) is 0 Å². The largest absolute Gasteiger partial charge is 0.390 e. The van der Waals surface area contributed by atoms with Crippen LogP contribution in [0.3, 0.4) is 0 Å². The van der Waals surface area contributed by atoms with Gasteiger partial charge in [-0.1, -0.05) is 29.8 Å². The second-order valence-corrected chi connectivity index (χ2v) is 6.59. The monoisotopic (exact) mass is 345 g/mol. The first-order valence-corrected chi connectivity index (χ1v) is 7.77. The minimum absolute atomic E-state index is 0.156. The molecule has 0 unspecified atom stereocenters. The standard InChI is InChI=1S/C17H16ClN3O3/c1-17(2,22)10-11-6-5-9-20(11)14-12-7-3-4-8-13(12)19-16(18)15(14)21(23)24/h3-9,22H,10H2,1-2H3. The molecule has 0 saturated heterocycles. The lowest BCUT2D eigenvalue weighted by Crippen LogP contribution is -2.23. The van der Waals surface area contributed by atoms with Gasteiger partial charge in [0.1, 0.15) is 5.69 Å². The Balaban J connectivity index is 2.35. The predicted molar refractivity (Wildman–Crippen MR) is 92.7 cm³/mol. The SMILES string of the molecule is CC(C)(O)Cc1cccn1-c1c([N+](=O)[O-])c(Cl)nc2ccccc12. The molecule has 3 aromatic rings. The van der Waals surface area contributed by atoms with Gasteiger partial charge in [0.05, 0.1) is 16.0 Å². The molecule has 0 atom stereocenters. The molecule has 0 radical (unpaired) electrons. The van der Waals surface area contributed by atoms with Gasteiger partial charge in [0.15, 0.2) is 0 Å². The van der Waals surface area contributed by atoms with E-state index < -0.39 is 10.5 Å². The van der Waals surface area contributed by atoms with Gasteiger partial charge in [0.25, 0.3) is 0 Å². The van der Waals surface area contributed by atoms with E-state index in [4.69, 9.17) is 11.6 Å². The van der Waals surface area contributed by atoms with Gasteiger partial charge in [-0.25, -0.2) is 4.98 Å². The second kappa shape index (κ2) is 5.89. The number of hydrogen-bond acceptors (Lipinski definition) is 4. The molecular formula is C17H16ClN3O3. The van der Waals surface area contributed by atoms with Gasteiger partial charge in [-0.05, 0) is 32.0 Å². The maximum atomic E-state index is 11.6. The summed E-state index contributed by atoms with van der Waals surface area (Å²) in [6, 6.07) is 10.7. The maximum absolute atomic E-state index is 11.6. The summed E-state index contributed by atoms with van der Waals surface area (Å²) < 4.78 is 1.70. The minimum atomic E-state index is -0.947. The summed E-state index contributed by atoms with van der Waals surface area (Å²) in [6.45, 7) is 3.38. The van der Waals surface area contributed by atoms with Crippen LogP contribution in [0.2, 0.25) is 5.15 Å². The van der Waals surface area contributed by atoms with Crippen LogP contribution in [-0.2, 0) is 6.42 Å². The van der Waals surface area contributed by atoms with Crippen molar-refractivity contribution < 1.29 is 10.0 Å². The Morgan fingerprint density at radius 2 is 2.00 bits per heavy atom. The van der Waals surface area contributed by atoms with Gasteiger partial charge in [0.2, 0.25) is 5.15 Å². The predicted octanol–water partition coefficient (Wildman–Crippen LogP) is 3.90. The molecule has 0 saturated carbocycles.